The van der Waals surface area contributed by atoms with Crippen LogP contribution in [0, 0.1) is 0 Å². The predicted octanol–water partition coefficient (Wildman–Crippen LogP) is 22.0. The van der Waals surface area contributed by atoms with E-state index < -0.39 is 26.6 Å². The highest BCUT2D eigenvalue weighted by atomic mass is 31.2. The summed E-state index contributed by atoms with van der Waals surface area (Å²) in [6.45, 7) is 4.54. The second-order valence-corrected chi connectivity index (χ2v) is 26.3. The topological polar surface area (TPSA) is 108 Å². The van der Waals surface area contributed by atoms with Crippen molar-refractivity contribution in [3.05, 3.63) is 109 Å². The van der Waals surface area contributed by atoms with Gasteiger partial charge in [-0.3, -0.25) is 9.36 Å². The SMILES string of the molecule is CC/C=C\C/C=C\C/C=C\C/C=C\C/C=C\C/C=C\C/C=C\CCCCCCCCCCCCCC(=O)NC(COP(=O)([O-])OCC[N+](C)(C)C)C(O)/C=C/CC/C=C/CCCCCCCCCCCCCCCCCCCCCCCCC. The van der Waals surface area contributed by atoms with Crippen LogP contribution in [-0.2, 0) is 18.4 Å². The summed E-state index contributed by atoms with van der Waals surface area (Å²) in [5.41, 5.74) is 0. The summed E-state index contributed by atoms with van der Waals surface area (Å²) in [4.78, 5) is 25.6. The van der Waals surface area contributed by atoms with Crippen LogP contribution < -0.4 is 10.2 Å². The van der Waals surface area contributed by atoms with Crippen molar-refractivity contribution >= 4 is 13.7 Å². The molecule has 3 atom stereocenters. The number of phosphoric ester groups is 1. The maximum atomic E-state index is 13.0. The molecule has 0 fully saturated rings. The largest absolute Gasteiger partial charge is 0.756 e. The number of hydrogen-bond donors (Lipinski definition) is 2. The average Bonchev–Trinajstić information content (AvgIpc) is 3.56. The highest BCUT2D eigenvalue weighted by Crippen LogP contribution is 2.38. The number of aliphatic hydroxyl groups is 1. The summed E-state index contributed by atoms with van der Waals surface area (Å²) in [6.07, 6.45) is 95.0. The van der Waals surface area contributed by atoms with Gasteiger partial charge in [0.1, 0.15) is 13.2 Å². The predicted molar refractivity (Wildman–Crippen MR) is 366 cm³/mol. The first-order valence-corrected chi connectivity index (χ1v) is 36.7. The van der Waals surface area contributed by atoms with Crippen molar-refractivity contribution in [3.8, 4) is 0 Å². The molecule has 2 N–H and O–H groups in total. The third-order valence-corrected chi connectivity index (χ3v) is 16.4. The zero-order valence-electron chi connectivity index (χ0n) is 55.6. The summed E-state index contributed by atoms with van der Waals surface area (Å²) in [5.74, 6) is -0.211. The molecule has 486 valence electrons. The molecule has 0 aliphatic heterocycles. The molecule has 0 aliphatic carbocycles. The van der Waals surface area contributed by atoms with E-state index in [1.54, 1.807) is 6.08 Å². The molecular weight excluding hydrogens is 1060 g/mol. The number of likely N-dealkylation sites (N-methyl/N-ethyl adjacent to an activating group) is 1. The van der Waals surface area contributed by atoms with Crippen LogP contribution in [0.25, 0.3) is 0 Å². The summed E-state index contributed by atoms with van der Waals surface area (Å²) in [5, 5.41) is 13.9. The Morgan fingerprint density at radius 2 is 0.738 bits per heavy atom. The normalized spacial score (nSPS) is 14.3. The Morgan fingerprint density at radius 3 is 1.11 bits per heavy atom. The first-order chi connectivity index (χ1) is 41.0. The lowest BCUT2D eigenvalue weighted by molar-refractivity contribution is -0.870. The number of rotatable bonds is 64. The molecule has 0 aliphatic rings. The molecule has 0 heterocycles. The minimum absolute atomic E-state index is 0.0112. The van der Waals surface area contributed by atoms with Gasteiger partial charge in [-0.05, 0) is 89.9 Å². The average molecular weight is 1190 g/mol. The van der Waals surface area contributed by atoms with E-state index in [1.807, 2.05) is 27.2 Å². The molecule has 0 saturated carbocycles. The van der Waals surface area contributed by atoms with Gasteiger partial charge >= 0.3 is 0 Å². The van der Waals surface area contributed by atoms with Crippen molar-refractivity contribution in [2.45, 2.75) is 321 Å². The molecule has 0 spiro atoms. The second-order valence-electron chi connectivity index (χ2n) is 24.8. The summed E-state index contributed by atoms with van der Waals surface area (Å²) in [6, 6.07) is -0.914. The second kappa shape index (κ2) is 64.6. The number of allylic oxidation sites excluding steroid dienone is 17. The molecule has 8 nitrogen and oxygen atoms in total. The fourth-order valence-electron chi connectivity index (χ4n) is 10.0. The molecule has 1 amide bonds. The number of quaternary nitrogens is 1. The molecule has 9 heteroatoms. The van der Waals surface area contributed by atoms with Gasteiger partial charge in [0.25, 0.3) is 7.82 Å². The number of carbonyl (C=O) groups excluding carboxylic acids is 1. The minimum atomic E-state index is -4.62. The Hall–Kier alpha value is -2.84. The number of unbranched alkanes of at least 4 members (excludes halogenated alkanes) is 35. The van der Waals surface area contributed by atoms with Crippen LogP contribution in [0.3, 0.4) is 0 Å². The summed E-state index contributed by atoms with van der Waals surface area (Å²) in [7, 11) is 1.24. The Balaban J connectivity index is 4.15. The lowest BCUT2D eigenvalue weighted by Crippen LogP contribution is -2.45. The Morgan fingerprint density at radius 1 is 0.429 bits per heavy atom. The highest BCUT2D eigenvalue weighted by Gasteiger charge is 2.23. The van der Waals surface area contributed by atoms with Crippen molar-refractivity contribution in [1.29, 1.82) is 0 Å². The number of hydrogen-bond acceptors (Lipinski definition) is 6. The van der Waals surface area contributed by atoms with E-state index in [9.17, 15) is 19.4 Å². The van der Waals surface area contributed by atoms with Gasteiger partial charge in [-0.15, -0.1) is 0 Å². The van der Waals surface area contributed by atoms with Gasteiger partial charge in [0.05, 0.1) is 39.9 Å². The van der Waals surface area contributed by atoms with Crippen molar-refractivity contribution in [1.82, 2.24) is 5.32 Å². The molecule has 0 radical (unpaired) electrons. The van der Waals surface area contributed by atoms with Crippen LogP contribution in [0.5, 0.6) is 0 Å². The fraction of sp³-hybridized carbons (Fsp3) is 0.747. The zero-order chi connectivity index (χ0) is 61.2. The zero-order valence-corrected chi connectivity index (χ0v) is 56.5. The number of nitrogens with zero attached hydrogens (tertiary/aromatic N) is 1. The van der Waals surface area contributed by atoms with E-state index in [1.165, 1.54) is 205 Å². The van der Waals surface area contributed by atoms with Crippen LogP contribution >= 0.6 is 7.82 Å². The molecule has 0 bridgehead atoms. The Kier molecular flexibility index (Phi) is 62.4. The molecule has 0 saturated heterocycles. The summed E-state index contributed by atoms with van der Waals surface area (Å²) >= 11 is 0. The van der Waals surface area contributed by atoms with E-state index in [0.717, 1.165) is 83.5 Å². The van der Waals surface area contributed by atoms with Crippen LogP contribution in [0.1, 0.15) is 309 Å². The maximum absolute atomic E-state index is 13.0. The Labute approximate surface area is 521 Å². The maximum Gasteiger partial charge on any atom is 0.268 e. The van der Waals surface area contributed by atoms with Crippen LogP contribution in [0.15, 0.2) is 109 Å². The van der Waals surface area contributed by atoms with E-state index in [2.05, 4.69) is 116 Å². The van der Waals surface area contributed by atoms with Gasteiger partial charge in [-0.1, -0.05) is 322 Å². The smallest absolute Gasteiger partial charge is 0.268 e. The molecule has 0 aromatic carbocycles. The molecule has 0 rings (SSSR count). The van der Waals surface area contributed by atoms with E-state index in [4.69, 9.17) is 9.05 Å². The number of nitrogens with one attached hydrogen (secondary N) is 1. The first-order valence-electron chi connectivity index (χ1n) is 35.2. The number of aliphatic hydroxyl groups excluding tert-OH is 1. The van der Waals surface area contributed by atoms with E-state index in [0.29, 0.717) is 17.4 Å². The lowest BCUT2D eigenvalue weighted by atomic mass is 10.0. The van der Waals surface area contributed by atoms with Crippen molar-refractivity contribution in [2.24, 2.45) is 0 Å². The molecule has 0 aromatic heterocycles. The van der Waals surface area contributed by atoms with Crippen molar-refractivity contribution in [2.75, 3.05) is 40.9 Å². The quantitative estimate of drug-likeness (QED) is 0.0272. The van der Waals surface area contributed by atoms with Gasteiger partial charge in [0.15, 0.2) is 0 Å². The molecule has 84 heavy (non-hydrogen) atoms. The van der Waals surface area contributed by atoms with Crippen LogP contribution in [-0.4, -0.2) is 68.5 Å². The highest BCUT2D eigenvalue weighted by molar-refractivity contribution is 7.45. The lowest BCUT2D eigenvalue weighted by Gasteiger charge is -2.29. The standard InChI is InChI=1S/C75H135N2O6P/c1-6-8-10-12-14-16-18-20-22-24-26-28-30-32-34-36-37-38-39-41-43-45-47-49-51-53-55-57-59-61-63-65-67-69-75(79)76-73(72-83-84(80,81)82-71-70-77(3,4)5)74(78)68-66-64-62-60-58-56-54-52-50-48-46-44-42-40-35-33-31-29-27-25-23-21-19-17-15-13-11-9-7-2/h8,10,14,16,20,22,26,28,32,34,37-38,41,43,58,60,66,68,73-74,78H,6-7,9,11-13,15,17-19,21,23-25,27,29-31,33,35-36,39-40,42,44-57,59,61-65,67,69-72H2,1-5H3,(H-,76,79,80,81)/b10-8-,16-14-,22-20-,28-26-,34-32-,38-37-,43-41-,60-58+,68-66+. The van der Waals surface area contributed by atoms with Crippen molar-refractivity contribution < 1.29 is 32.9 Å². The number of amides is 1. The number of phosphoric acid groups is 1. The number of carbonyl (C=O) groups is 1. The van der Waals surface area contributed by atoms with Gasteiger partial charge in [0, 0.05) is 6.42 Å². The van der Waals surface area contributed by atoms with Crippen molar-refractivity contribution in [3.63, 3.8) is 0 Å². The summed E-state index contributed by atoms with van der Waals surface area (Å²) < 4.78 is 23.4. The third-order valence-electron chi connectivity index (χ3n) is 15.5. The van der Waals surface area contributed by atoms with E-state index >= 15 is 0 Å². The monoisotopic (exact) mass is 1190 g/mol. The van der Waals surface area contributed by atoms with Gasteiger partial charge in [-0.25, -0.2) is 0 Å². The first kappa shape index (κ1) is 81.2. The van der Waals surface area contributed by atoms with E-state index in [-0.39, 0.29) is 12.5 Å². The molecular formula is C75H135N2O6P. The fourth-order valence-corrected chi connectivity index (χ4v) is 10.8. The third kappa shape index (κ3) is 66.7. The van der Waals surface area contributed by atoms with Gasteiger partial charge < -0.3 is 28.8 Å². The minimum Gasteiger partial charge on any atom is -0.756 e. The van der Waals surface area contributed by atoms with Crippen LogP contribution in [0.2, 0.25) is 0 Å². The Bertz CT molecular complexity index is 1740. The van der Waals surface area contributed by atoms with Gasteiger partial charge in [0.2, 0.25) is 5.91 Å². The molecule has 0 aromatic rings. The van der Waals surface area contributed by atoms with Crippen LogP contribution in [0.4, 0.5) is 0 Å². The molecule has 3 unspecified atom stereocenters. The van der Waals surface area contributed by atoms with Gasteiger partial charge in [-0.2, -0.15) is 0 Å².